The van der Waals surface area contributed by atoms with E-state index in [1.165, 1.54) is 15.7 Å². The van der Waals surface area contributed by atoms with Gasteiger partial charge in [0, 0.05) is 16.2 Å². The van der Waals surface area contributed by atoms with E-state index in [2.05, 4.69) is 60.2 Å². The molecule has 1 N–H and O–H groups in total. The summed E-state index contributed by atoms with van der Waals surface area (Å²) in [7, 11) is 0. The molecule has 0 saturated carbocycles. The van der Waals surface area contributed by atoms with Gasteiger partial charge >= 0.3 is 0 Å². The zero-order valence-electron chi connectivity index (χ0n) is 10.7. The van der Waals surface area contributed by atoms with Crippen LogP contribution in [0, 0.1) is 6.92 Å². The highest BCUT2D eigenvalue weighted by Crippen LogP contribution is 2.29. The highest BCUT2D eigenvalue weighted by molar-refractivity contribution is 9.10. The molecule has 0 amide bonds. The van der Waals surface area contributed by atoms with Crippen molar-refractivity contribution in [3.8, 4) is 0 Å². The van der Waals surface area contributed by atoms with Gasteiger partial charge in [-0.1, -0.05) is 12.1 Å². The van der Waals surface area contributed by atoms with Crippen molar-refractivity contribution >= 4 is 21.6 Å². The molecule has 1 aromatic rings. The predicted molar refractivity (Wildman–Crippen MR) is 75.5 cm³/mol. The highest BCUT2D eigenvalue weighted by atomic mass is 79.9. The van der Waals surface area contributed by atoms with E-state index in [-0.39, 0.29) is 0 Å². The second kappa shape index (κ2) is 5.40. The Morgan fingerprint density at radius 3 is 2.53 bits per heavy atom. The van der Waals surface area contributed by atoms with Gasteiger partial charge in [-0.3, -0.25) is 0 Å². The molecule has 2 unspecified atom stereocenters. The molecule has 1 heterocycles. The minimum absolute atomic E-state index is 0.347. The summed E-state index contributed by atoms with van der Waals surface area (Å²) in [4.78, 5) is 0. The van der Waals surface area contributed by atoms with E-state index >= 15 is 0 Å². The van der Waals surface area contributed by atoms with Crippen LogP contribution in [-0.2, 0) is 4.74 Å². The molecule has 2 atom stereocenters. The molecule has 94 valence electrons. The van der Waals surface area contributed by atoms with E-state index in [1.807, 2.05) is 0 Å². The normalized spacial score (nSPS) is 29.1. The predicted octanol–water partition coefficient (Wildman–Crippen LogP) is 4.13. The first kappa shape index (κ1) is 12.9. The topological polar surface area (TPSA) is 21.3 Å². The van der Waals surface area contributed by atoms with Crippen molar-refractivity contribution in [3.63, 3.8) is 0 Å². The maximum Gasteiger partial charge on any atom is 0.0570 e. The molecule has 17 heavy (non-hydrogen) atoms. The summed E-state index contributed by atoms with van der Waals surface area (Å²) >= 11 is 3.64. The van der Waals surface area contributed by atoms with Crippen LogP contribution in [0.3, 0.4) is 0 Å². The molecule has 0 radical (unpaired) electrons. The first-order valence-corrected chi connectivity index (χ1v) is 7.02. The lowest BCUT2D eigenvalue weighted by atomic mass is 9.99. The summed E-state index contributed by atoms with van der Waals surface area (Å²) in [6.07, 6.45) is 2.84. The molecule has 1 aromatic carbocycles. The number of ether oxygens (including phenoxy) is 1. The number of hydrogen-bond donors (Lipinski definition) is 1. The quantitative estimate of drug-likeness (QED) is 0.886. The second-order valence-electron chi connectivity index (χ2n) is 5.01. The third-order valence-electron chi connectivity index (χ3n) is 3.25. The van der Waals surface area contributed by atoms with E-state index in [9.17, 15) is 0 Å². The van der Waals surface area contributed by atoms with Crippen LogP contribution in [0.1, 0.15) is 32.3 Å². The van der Waals surface area contributed by atoms with Crippen LogP contribution in [0.5, 0.6) is 0 Å². The first-order chi connectivity index (χ1) is 8.06. The molecule has 1 fully saturated rings. The second-order valence-corrected chi connectivity index (χ2v) is 5.80. The number of rotatable bonds is 2. The fourth-order valence-electron chi connectivity index (χ4n) is 2.50. The lowest BCUT2D eigenvalue weighted by Gasteiger charge is -2.33. The van der Waals surface area contributed by atoms with Gasteiger partial charge in [0.25, 0.3) is 0 Å². The molecular formula is C14H20BrNO. The lowest BCUT2D eigenvalue weighted by molar-refractivity contribution is -0.0337. The molecule has 1 aliphatic heterocycles. The molecule has 2 rings (SSSR count). The van der Waals surface area contributed by atoms with E-state index in [0.717, 1.165) is 12.8 Å². The Kier molecular flexibility index (Phi) is 4.10. The van der Waals surface area contributed by atoms with Gasteiger partial charge in [-0.05, 0) is 61.2 Å². The Bertz CT molecular complexity index is 384. The number of benzene rings is 1. The van der Waals surface area contributed by atoms with Crippen molar-refractivity contribution in [2.45, 2.75) is 51.9 Å². The zero-order chi connectivity index (χ0) is 12.4. The third-order valence-corrected chi connectivity index (χ3v) is 4.30. The molecule has 0 aromatic heterocycles. The molecule has 0 aliphatic carbocycles. The van der Waals surface area contributed by atoms with Gasteiger partial charge in [0.05, 0.1) is 12.2 Å². The van der Waals surface area contributed by atoms with Gasteiger partial charge in [-0.15, -0.1) is 0 Å². The van der Waals surface area contributed by atoms with E-state index < -0.39 is 0 Å². The zero-order valence-corrected chi connectivity index (χ0v) is 12.3. The number of aryl methyl sites for hydroxylation is 1. The van der Waals surface area contributed by atoms with Gasteiger partial charge in [-0.25, -0.2) is 0 Å². The molecule has 0 spiro atoms. The van der Waals surface area contributed by atoms with Gasteiger partial charge < -0.3 is 10.1 Å². The van der Waals surface area contributed by atoms with Crippen LogP contribution in [0.25, 0.3) is 0 Å². The Hall–Kier alpha value is -0.540. The smallest absolute Gasteiger partial charge is 0.0570 e. The lowest BCUT2D eigenvalue weighted by Crippen LogP contribution is -2.36. The van der Waals surface area contributed by atoms with E-state index in [0.29, 0.717) is 18.2 Å². The van der Waals surface area contributed by atoms with Crippen LogP contribution in [0.2, 0.25) is 0 Å². The van der Waals surface area contributed by atoms with Gasteiger partial charge in [0.2, 0.25) is 0 Å². The average Bonchev–Trinajstić information content (AvgIpc) is 2.23. The Balaban J connectivity index is 2.07. The number of nitrogens with one attached hydrogen (secondary N) is 1. The number of hydrogen-bond acceptors (Lipinski definition) is 2. The Labute approximate surface area is 112 Å². The fraction of sp³-hybridized carbons (Fsp3) is 0.571. The van der Waals surface area contributed by atoms with Crippen molar-refractivity contribution in [1.29, 1.82) is 0 Å². The summed E-state index contributed by atoms with van der Waals surface area (Å²) in [5, 5.41) is 3.62. The Morgan fingerprint density at radius 2 is 1.88 bits per heavy atom. The molecule has 0 bridgehead atoms. The largest absolute Gasteiger partial charge is 0.381 e. The first-order valence-electron chi connectivity index (χ1n) is 6.23. The van der Waals surface area contributed by atoms with Crippen LogP contribution in [0.15, 0.2) is 22.7 Å². The minimum atomic E-state index is 0.347. The van der Waals surface area contributed by atoms with Crippen LogP contribution in [0.4, 0.5) is 5.69 Å². The van der Waals surface area contributed by atoms with E-state index in [4.69, 9.17) is 4.74 Å². The monoisotopic (exact) mass is 297 g/mol. The third kappa shape index (κ3) is 3.23. The maximum absolute atomic E-state index is 5.76. The van der Waals surface area contributed by atoms with Gasteiger partial charge in [0.1, 0.15) is 0 Å². The SMILES string of the molecule is Cc1cccc(NC2CC(C)OC(C)C2)c1Br. The van der Waals surface area contributed by atoms with Crippen molar-refractivity contribution < 1.29 is 4.74 Å². The van der Waals surface area contributed by atoms with Crippen molar-refractivity contribution in [3.05, 3.63) is 28.2 Å². The Morgan fingerprint density at radius 1 is 1.24 bits per heavy atom. The number of halogens is 1. The number of anilines is 1. The summed E-state index contributed by atoms with van der Waals surface area (Å²) < 4.78 is 6.93. The summed E-state index contributed by atoms with van der Waals surface area (Å²) in [6, 6.07) is 6.84. The van der Waals surface area contributed by atoms with Gasteiger partial charge in [0.15, 0.2) is 0 Å². The average molecular weight is 298 g/mol. The van der Waals surface area contributed by atoms with Crippen molar-refractivity contribution in [2.75, 3.05) is 5.32 Å². The maximum atomic E-state index is 5.76. The molecule has 1 saturated heterocycles. The van der Waals surface area contributed by atoms with E-state index in [1.54, 1.807) is 0 Å². The summed E-state index contributed by atoms with van der Waals surface area (Å²) in [5.74, 6) is 0. The van der Waals surface area contributed by atoms with Crippen LogP contribution in [-0.4, -0.2) is 18.2 Å². The van der Waals surface area contributed by atoms with Gasteiger partial charge in [-0.2, -0.15) is 0 Å². The van der Waals surface area contributed by atoms with Crippen molar-refractivity contribution in [1.82, 2.24) is 0 Å². The van der Waals surface area contributed by atoms with Crippen LogP contribution < -0.4 is 5.32 Å². The molecule has 3 heteroatoms. The highest BCUT2D eigenvalue weighted by Gasteiger charge is 2.24. The molecule has 1 aliphatic rings. The molecular weight excluding hydrogens is 278 g/mol. The summed E-state index contributed by atoms with van der Waals surface area (Å²) in [6.45, 7) is 6.41. The van der Waals surface area contributed by atoms with Crippen molar-refractivity contribution in [2.24, 2.45) is 0 Å². The molecule has 2 nitrogen and oxygen atoms in total. The summed E-state index contributed by atoms with van der Waals surface area (Å²) in [5.41, 5.74) is 2.46. The minimum Gasteiger partial charge on any atom is -0.381 e. The fourth-order valence-corrected chi connectivity index (χ4v) is 2.88. The van der Waals surface area contributed by atoms with Crippen LogP contribution >= 0.6 is 15.9 Å². The standard InChI is InChI=1S/C14H20BrNO/c1-9-5-4-6-13(14(9)15)16-12-7-10(2)17-11(3)8-12/h4-6,10-12,16H,7-8H2,1-3H3.